The van der Waals surface area contributed by atoms with Crippen LogP contribution in [0.5, 0.6) is 5.75 Å². The number of methoxy groups -OCH3 is 1. The molecular formula is C23H28N6O2. The summed E-state index contributed by atoms with van der Waals surface area (Å²) >= 11 is 0. The predicted molar refractivity (Wildman–Crippen MR) is 118 cm³/mol. The molecule has 0 spiro atoms. The van der Waals surface area contributed by atoms with Crippen LogP contribution in [0.15, 0.2) is 36.4 Å². The molecule has 0 atom stereocenters. The number of ether oxygens (including phenoxy) is 1. The number of aromatic nitrogens is 4. The van der Waals surface area contributed by atoms with Crippen LogP contribution in [0, 0.1) is 20.8 Å². The minimum atomic E-state index is -0.0778. The highest BCUT2D eigenvalue weighted by molar-refractivity contribution is 5.91. The van der Waals surface area contributed by atoms with Gasteiger partial charge in [-0.25, -0.2) is 9.97 Å². The van der Waals surface area contributed by atoms with E-state index in [2.05, 4.69) is 25.3 Å². The molecule has 0 radical (unpaired) electrons. The summed E-state index contributed by atoms with van der Waals surface area (Å²) in [6.07, 6.45) is 2.24. The number of carbonyl (C=O) groups is 1. The monoisotopic (exact) mass is 420 g/mol. The van der Waals surface area contributed by atoms with E-state index in [1.807, 2.05) is 57.2 Å². The van der Waals surface area contributed by atoms with Crippen molar-refractivity contribution in [2.45, 2.75) is 46.2 Å². The molecular weight excluding hydrogens is 392 g/mol. The summed E-state index contributed by atoms with van der Waals surface area (Å²) < 4.78 is 6.83. The first-order valence-corrected chi connectivity index (χ1v) is 10.5. The zero-order chi connectivity index (χ0) is 22.0. The quantitative estimate of drug-likeness (QED) is 0.602. The highest BCUT2D eigenvalue weighted by atomic mass is 16.5. The summed E-state index contributed by atoms with van der Waals surface area (Å²) in [5.41, 5.74) is 3.65. The van der Waals surface area contributed by atoms with Crippen molar-refractivity contribution in [2.24, 2.45) is 0 Å². The summed E-state index contributed by atoms with van der Waals surface area (Å²) in [5, 5.41) is 7.48. The van der Waals surface area contributed by atoms with Gasteiger partial charge in [0.25, 0.3) is 5.95 Å². The maximum Gasteiger partial charge on any atom is 0.252 e. The fourth-order valence-electron chi connectivity index (χ4n) is 3.63. The molecule has 4 rings (SSSR count). The van der Waals surface area contributed by atoms with Gasteiger partial charge >= 0.3 is 0 Å². The smallest absolute Gasteiger partial charge is 0.252 e. The Morgan fingerprint density at radius 2 is 1.77 bits per heavy atom. The van der Waals surface area contributed by atoms with Gasteiger partial charge in [-0.1, -0.05) is 12.1 Å². The molecule has 1 aliphatic rings. The average Bonchev–Trinajstić information content (AvgIpc) is 3.50. The summed E-state index contributed by atoms with van der Waals surface area (Å²) in [7, 11) is 1.66. The summed E-state index contributed by atoms with van der Waals surface area (Å²) in [6, 6.07) is 12.2. The molecule has 31 heavy (non-hydrogen) atoms. The molecule has 3 aromatic rings. The van der Waals surface area contributed by atoms with Gasteiger partial charge in [0.05, 0.1) is 19.3 Å². The van der Waals surface area contributed by atoms with Crippen LogP contribution in [0.4, 0.5) is 5.82 Å². The molecule has 8 heteroatoms. The Labute approximate surface area is 182 Å². The normalized spacial score (nSPS) is 13.5. The van der Waals surface area contributed by atoms with Gasteiger partial charge in [-0.05, 0) is 57.4 Å². The number of nitrogens with zero attached hydrogens (tertiary/aromatic N) is 5. The van der Waals surface area contributed by atoms with Crippen LogP contribution in [0.2, 0.25) is 0 Å². The molecule has 1 N–H and O–H groups in total. The van der Waals surface area contributed by atoms with Gasteiger partial charge in [0.1, 0.15) is 11.6 Å². The number of amides is 1. The molecule has 162 valence electrons. The lowest BCUT2D eigenvalue weighted by Crippen LogP contribution is -2.35. The highest BCUT2D eigenvalue weighted by Gasteiger charge is 2.30. The van der Waals surface area contributed by atoms with Gasteiger partial charge < -0.3 is 10.1 Å². The third kappa shape index (κ3) is 5.27. The Morgan fingerprint density at radius 3 is 2.39 bits per heavy atom. The van der Waals surface area contributed by atoms with Crippen LogP contribution in [0.25, 0.3) is 5.95 Å². The topological polar surface area (TPSA) is 85.2 Å². The second kappa shape index (κ2) is 8.85. The minimum Gasteiger partial charge on any atom is -0.497 e. The summed E-state index contributed by atoms with van der Waals surface area (Å²) in [4.78, 5) is 24.1. The SMILES string of the molecule is COc1ccc(CN(CC(=O)Nc2cc(C)nn2-c2nc(C)cc(C)n2)C2CC2)cc1. The Balaban J connectivity index is 1.47. The third-order valence-electron chi connectivity index (χ3n) is 5.21. The second-order valence-corrected chi connectivity index (χ2v) is 8.07. The van der Waals surface area contributed by atoms with Gasteiger partial charge in [0, 0.05) is 30.0 Å². The Kier molecular flexibility index (Phi) is 5.99. The molecule has 0 bridgehead atoms. The van der Waals surface area contributed by atoms with E-state index < -0.39 is 0 Å². The molecule has 1 fully saturated rings. The van der Waals surface area contributed by atoms with E-state index in [-0.39, 0.29) is 5.91 Å². The molecule has 1 saturated carbocycles. The zero-order valence-corrected chi connectivity index (χ0v) is 18.4. The van der Waals surface area contributed by atoms with E-state index >= 15 is 0 Å². The summed E-state index contributed by atoms with van der Waals surface area (Å²) in [5.74, 6) is 1.79. The molecule has 2 heterocycles. The standard InChI is InChI=1S/C23H28N6O2/c1-15-11-16(2)25-23(24-15)29-21(12-17(3)27-29)26-22(30)14-28(19-7-8-19)13-18-5-9-20(31-4)10-6-18/h5-6,9-12,19H,7-8,13-14H2,1-4H3,(H,26,30). The molecule has 0 saturated heterocycles. The van der Waals surface area contributed by atoms with Crippen molar-refractivity contribution in [3.05, 3.63) is 59.0 Å². The third-order valence-corrected chi connectivity index (χ3v) is 5.21. The van der Waals surface area contributed by atoms with Crippen molar-refractivity contribution in [1.29, 1.82) is 0 Å². The zero-order valence-electron chi connectivity index (χ0n) is 18.4. The van der Waals surface area contributed by atoms with E-state index in [9.17, 15) is 4.79 Å². The molecule has 1 aromatic carbocycles. The number of carbonyl (C=O) groups excluding carboxylic acids is 1. The fraction of sp³-hybridized carbons (Fsp3) is 0.391. The molecule has 0 unspecified atom stereocenters. The average molecular weight is 421 g/mol. The van der Waals surface area contributed by atoms with Crippen molar-refractivity contribution in [3.8, 4) is 11.7 Å². The van der Waals surface area contributed by atoms with Crippen LogP contribution >= 0.6 is 0 Å². The van der Waals surface area contributed by atoms with Crippen LogP contribution in [-0.4, -0.2) is 50.3 Å². The largest absolute Gasteiger partial charge is 0.497 e. The maximum atomic E-state index is 12.9. The highest BCUT2D eigenvalue weighted by Crippen LogP contribution is 2.28. The first-order chi connectivity index (χ1) is 14.9. The van der Waals surface area contributed by atoms with Gasteiger partial charge in [0.15, 0.2) is 0 Å². The summed E-state index contributed by atoms with van der Waals surface area (Å²) in [6.45, 7) is 6.75. The number of nitrogens with one attached hydrogen (secondary N) is 1. The lowest BCUT2D eigenvalue weighted by Gasteiger charge is -2.21. The second-order valence-electron chi connectivity index (χ2n) is 8.07. The number of aryl methyl sites for hydroxylation is 3. The van der Waals surface area contributed by atoms with E-state index in [0.717, 1.165) is 47.8 Å². The molecule has 8 nitrogen and oxygen atoms in total. The van der Waals surface area contributed by atoms with Crippen LogP contribution in [0.3, 0.4) is 0 Å². The van der Waals surface area contributed by atoms with Crippen molar-refractivity contribution in [1.82, 2.24) is 24.6 Å². The van der Waals surface area contributed by atoms with Crippen LogP contribution < -0.4 is 10.1 Å². The molecule has 0 aliphatic heterocycles. The van der Waals surface area contributed by atoms with Gasteiger partial charge in [0.2, 0.25) is 5.91 Å². The van der Waals surface area contributed by atoms with E-state index in [1.165, 1.54) is 0 Å². The number of hydrogen-bond acceptors (Lipinski definition) is 6. The van der Waals surface area contributed by atoms with E-state index in [0.29, 0.717) is 24.4 Å². The first kappa shape index (κ1) is 21.0. The number of benzene rings is 1. The lowest BCUT2D eigenvalue weighted by molar-refractivity contribution is -0.117. The molecule has 2 aromatic heterocycles. The Bertz CT molecular complexity index is 1050. The number of anilines is 1. The maximum absolute atomic E-state index is 12.9. The van der Waals surface area contributed by atoms with Gasteiger partial charge in [-0.3, -0.25) is 9.69 Å². The molecule has 1 aliphatic carbocycles. The van der Waals surface area contributed by atoms with E-state index in [4.69, 9.17) is 4.74 Å². The fourth-order valence-corrected chi connectivity index (χ4v) is 3.63. The Morgan fingerprint density at radius 1 is 1.10 bits per heavy atom. The first-order valence-electron chi connectivity index (χ1n) is 10.5. The number of rotatable bonds is 8. The van der Waals surface area contributed by atoms with Gasteiger partial charge in [-0.2, -0.15) is 9.78 Å². The van der Waals surface area contributed by atoms with Crippen LogP contribution in [-0.2, 0) is 11.3 Å². The molecule has 1 amide bonds. The van der Waals surface area contributed by atoms with Crippen molar-refractivity contribution in [3.63, 3.8) is 0 Å². The Hall–Kier alpha value is -3.26. The minimum absolute atomic E-state index is 0.0778. The van der Waals surface area contributed by atoms with Crippen molar-refractivity contribution >= 4 is 11.7 Å². The lowest BCUT2D eigenvalue weighted by atomic mass is 10.2. The van der Waals surface area contributed by atoms with E-state index in [1.54, 1.807) is 11.8 Å². The number of hydrogen-bond donors (Lipinski definition) is 1. The predicted octanol–water partition coefficient (Wildman–Crippen LogP) is 3.20. The van der Waals surface area contributed by atoms with Crippen molar-refractivity contribution in [2.75, 3.05) is 19.0 Å². The van der Waals surface area contributed by atoms with Crippen molar-refractivity contribution < 1.29 is 9.53 Å². The van der Waals surface area contributed by atoms with Crippen LogP contribution in [0.1, 0.15) is 35.5 Å². The van der Waals surface area contributed by atoms with Gasteiger partial charge in [-0.15, -0.1) is 0 Å².